The molecule has 1 saturated heterocycles. The summed E-state index contributed by atoms with van der Waals surface area (Å²) in [5.41, 5.74) is 7.38. The largest absolute Gasteiger partial charge is 0.490 e. The molecule has 1 aliphatic rings. The Morgan fingerprint density at radius 3 is 2.22 bits per heavy atom. The number of nitrogens with one attached hydrogen (secondary N) is 3. The average molecular weight is 697 g/mol. The Morgan fingerprint density at radius 2 is 1.69 bits per heavy atom. The molecule has 0 unspecified atom stereocenters. The lowest BCUT2D eigenvalue weighted by Crippen LogP contribution is -2.58. The minimum Gasteiger partial charge on any atom is -0.475 e. The Kier molecular flexibility index (Phi) is 15.6. The Labute approximate surface area is 283 Å². The van der Waals surface area contributed by atoms with Crippen molar-refractivity contribution in [2.75, 3.05) is 13.6 Å². The number of carbonyl (C=O) groups excluding carboxylic acids is 4. The molecule has 5 atom stereocenters. The average Bonchev–Trinajstić information content (AvgIpc) is 3.70. The molecule has 3 rings (SSSR count). The van der Waals surface area contributed by atoms with Gasteiger partial charge in [0.2, 0.25) is 23.6 Å². The third kappa shape index (κ3) is 12.5. The zero-order valence-electron chi connectivity index (χ0n) is 28.4. The van der Waals surface area contributed by atoms with Crippen LogP contribution in [0.2, 0.25) is 0 Å². The number of aliphatic carboxylic acids is 1. The van der Waals surface area contributed by atoms with E-state index in [0.717, 1.165) is 36.9 Å². The zero-order chi connectivity index (χ0) is 36.9. The van der Waals surface area contributed by atoms with E-state index in [1.54, 1.807) is 18.7 Å². The van der Waals surface area contributed by atoms with E-state index in [9.17, 15) is 32.3 Å². The minimum absolute atomic E-state index is 0.204. The monoisotopic (exact) mass is 696 g/mol. The Hall–Kier alpha value is -4.54. The number of aryl methyl sites for hydroxylation is 1. The normalized spacial score (nSPS) is 17.8. The summed E-state index contributed by atoms with van der Waals surface area (Å²) in [4.78, 5) is 63.2. The van der Waals surface area contributed by atoms with Crippen LogP contribution in [0.3, 0.4) is 0 Å². The maximum Gasteiger partial charge on any atom is 0.490 e. The second kappa shape index (κ2) is 18.9. The number of carboxylic acid groups (broad SMARTS) is 1. The SMILES string of the molecule is CCCCCc1cn([C@H]2C[C@@H](C(=O)N[C@@H](Cc3ccccc3)C(N)=O)N(C(=O)[C@@H](NC(=O)[C@H](C)NC)C(C)C)C2)nn1.O=C(O)C(F)(F)F. The number of aromatic nitrogens is 3. The van der Waals surface area contributed by atoms with Gasteiger partial charge in [-0.15, -0.1) is 5.10 Å². The predicted octanol–water partition coefficient (Wildman–Crippen LogP) is 1.75. The third-order valence-corrected chi connectivity index (χ3v) is 8.07. The van der Waals surface area contributed by atoms with Crippen molar-refractivity contribution in [3.05, 3.63) is 47.8 Å². The van der Waals surface area contributed by atoms with Crippen LogP contribution >= 0.6 is 0 Å². The third-order valence-electron chi connectivity index (χ3n) is 8.07. The highest BCUT2D eigenvalue weighted by atomic mass is 19.4. The molecule has 2 heterocycles. The number of amides is 4. The van der Waals surface area contributed by atoms with E-state index in [-0.39, 0.29) is 43.2 Å². The maximum absolute atomic E-state index is 14.0. The summed E-state index contributed by atoms with van der Waals surface area (Å²) in [5, 5.41) is 24.3. The smallest absolute Gasteiger partial charge is 0.475 e. The van der Waals surface area contributed by atoms with E-state index in [4.69, 9.17) is 15.6 Å². The number of rotatable bonds is 15. The lowest BCUT2D eigenvalue weighted by molar-refractivity contribution is -0.192. The van der Waals surface area contributed by atoms with Gasteiger partial charge in [0.25, 0.3) is 0 Å². The van der Waals surface area contributed by atoms with Crippen LogP contribution in [-0.2, 0) is 36.8 Å². The van der Waals surface area contributed by atoms with E-state index in [2.05, 4.69) is 33.2 Å². The van der Waals surface area contributed by atoms with Crippen molar-refractivity contribution in [2.45, 2.75) is 103 Å². The molecule has 0 saturated carbocycles. The molecule has 1 aliphatic heterocycles. The molecule has 6 N–H and O–H groups in total. The van der Waals surface area contributed by atoms with Crippen LogP contribution in [0.15, 0.2) is 36.5 Å². The molecule has 4 amide bonds. The first-order valence-electron chi connectivity index (χ1n) is 16.1. The summed E-state index contributed by atoms with van der Waals surface area (Å²) >= 11 is 0. The van der Waals surface area contributed by atoms with Gasteiger partial charge in [0, 0.05) is 25.6 Å². The molecule has 0 bridgehead atoms. The first-order valence-corrected chi connectivity index (χ1v) is 16.1. The molecule has 14 nitrogen and oxygen atoms in total. The Balaban J connectivity index is 0.00000107. The number of hydrogen-bond donors (Lipinski definition) is 5. The van der Waals surface area contributed by atoms with Gasteiger partial charge in [-0.25, -0.2) is 9.48 Å². The number of alkyl halides is 3. The summed E-state index contributed by atoms with van der Waals surface area (Å²) < 4.78 is 33.5. The molecule has 0 aliphatic carbocycles. The van der Waals surface area contributed by atoms with Crippen molar-refractivity contribution in [1.82, 2.24) is 35.8 Å². The molecule has 1 aromatic carbocycles. The number of carbonyl (C=O) groups is 5. The number of primary amides is 1. The topological polar surface area (TPSA) is 202 Å². The first-order chi connectivity index (χ1) is 23.0. The van der Waals surface area contributed by atoms with Crippen molar-refractivity contribution >= 4 is 29.6 Å². The predicted molar refractivity (Wildman–Crippen MR) is 173 cm³/mol. The number of carboxylic acids is 1. The molecule has 17 heteroatoms. The summed E-state index contributed by atoms with van der Waals surface area (Å²) in [5.74, 6) is -4.82. The second-order valence-corrected chi connectivity index (χ2v) is 12.2. The standard InChI is InChI=1S/C30H46N8O4.C2HF3O2/c1-6-7-9-14-22-17-38(36-35-22)23-16-25(29(41)33-24(27(31)39)15-21-12-10-8-11-13-21)37(18-23)30(42)26(19(2)3)34-28(40)20(4)32-5;3-2(4,5)1(6)7/h8,10-13,17,19-20,23-26,32H,6-7,9,14-16,18H2,1-5H3,(H2,31,39)(H,33,41)(H,34,40);(H,6,7)/t20-,23-,24-,25-,26-;/m0./s1. The summed E-state index contributed by atoms with van der Waals surface area (Å²) in [6, 6.07) is 5.77. The van der Waals surface area contributed by atoms with Crippen molar-refractivity contribution in [2.24, 2.45) is 11.7 Å². The van der Waals surface area contributed by atoms with Crippen LogP contribution in [0.5, 0.6) is 0 Å². The molecule has 272 valence electrons. The van der Waals surface area contributed by atoms with Crippen LogP contribution in [0, 0.1) is 5.92 Å². The molecule has 2 aromatic rings. The second-order valence-electron chi connectivity index (χ2n) is 12.2. The van der Waals surface area contributed by atoms with E-state index in [1.165, 1.54) is 4.90 Å². The minimum atomic E-state index is -5.08. The summed E-state index contributed by atoms with van der Waals surface area (Å²) in [6.07, 6.45) is 1.30. The Bertz CT molecular complexity index is 1400. The quantitative estimate of drug-likeness (QED) is 0.172. The van der Waals surface area contributed by atoms with Gasteiger partial charge in [-0.3, -0.25) is 19.2 Å². The van der Waals surface area contributed by atoms with E-state index in [0.29, 0.717) is 0 Å². The lowest BCUT2D eigenvalue weighted by Gasteiger charge is -2.31. The van der Waals surface area contributed by atoms with Gasteiger partial charge in [-0.1, -0.05) is 69.2 Å². The summed E-state index contributed by atoms with van der Waals surface area (Å²) in [6.45, 7) is 7.74. The molecule has 1 aromatic heterocycles. The number of benzene rings is 1. The molecule has 49 heavy (non-hydrogen) atoms. The fraction of sp³-hybridized carbons (Fsp3) is 0.594. The van der Waals surface area contributed by atoms with Crippen LogP contribution in [0.1, 0.15) is 70.7 Å². The van der Waals surface area contributed by atoms with Crippen LogP contribution in [0.4, 0.5) is 13.2 Å². The van der Waals surface area contributed by atoms with E-state index < -0.39 is 48.1 Å². The molecular formula is C32H47F3N8O6. The van der Waals surface area contributed by atoms with Gasteiger partial charge in [-0.2, -0.15) is 13.2 Å². The number of halogens is 3. The fourth-order valence-corrected chi connectivity index (χ4v) is 5.10. The molecule has 0 radical (unpaired) electrons. The Morgan fingerprint density at radius 1 is 1.06 bits per heavy atom. The van der Waals surface area contributed by atoms with Crippen LogP contribution in [-0.4, -0.2) is 98.5 Å². The van der Waals surface area contributed by atoms with Crippen molar-refractivity contribution in [1.29, 1.82) is 0 Å². The number of likely N-dealkylation sites (tertiary alicyclic amines) is 1. The van der Waals surface area contributed by atoms with E-state index >= 15 is 0 Å². The van der Waals surface area contributed by atoms with Crippen molar-refractivity contribution in [3.8, 4) is 0 Å². The van der Waals surface area contributed by atoms with Crippen molar-refractivity contribution < 1.29 is 42.3 Å². The van der Waals surface area contributed by atoms with E-state index in [1.807, 2.05) is 50.4 Å². The summed E-state index contributed by atoms with van der Waals surface area (Å²) in [7, 11) is 1.67. The van der Waals surface area contributed by atoms with Gasteiger partial charge in [0.05, 0.1) is 17.8 Å². The number of nitrogens with zero attached hydrogens (tertiary/aromatic N) is 4. The number of likely N-dealkylation sites (N-methyl/N-ethyl adjacent to an activating group) is 1. The zero-order valence-corrected chi connectivity index (χ0v) is 28.4. The highest BCUT2D eigenvalue weighted by Gasteiger charge is 2.44. The highest BCUT2D eigenvalue weighted by Crippen LogP contribution is 2.29. The van der Waals surface area contributed by atoms with Crippen LogP contribution in [0.25, 0.3) is 0 Å². The van der Waals surface area contributed by atoms with Crippen LogP contribution < -0.4 is 21.7 Å². The molecular weight excluding hydrogens is 649 g/mol. The molecule has 1 fully saturated rings. The number of hydrogen-bond acceptors (Lipinski definition) is 8. The fourth-order valence-electron chi connectivity index (χ4n) is 5.10. The van der Waals surface area contributed by atoms with Gasteiger partial charge in [0.15, 0.2) is 0 Å². The number of nitrogens with two attached hydrogens (primary N) is 1. The lowest BCUT2D eigenvalue weighted by atomic mass is 10.0. The van der Waals surface area contributed by atoms with Crippen molar-refractivity contribution in [3.63, 3.8) is 0 Å². The maximum atomic E-state index is 14.0. The van der Waals surface area contributed by atoms with Gasteiger partial charge < -0.3 is 31.7 Å². The molecule has 0 spiro atoms. The van der Waals surface area contributed by atoms with Gasteiger partial charge in [-0.05, 0) is 38.3 Å². The number of unbranched alkanes of at least 4 members (excludes halogenated alkanes) is 2. The van der Waals surface area contributed by atoms with Gasteiger partial charge >= 0.3 is 12.1 Å². The highest BCUT2D eigenvalue weighted by molar-refractivity contribution is 5.95. The first kappa shape index (κ1) is 40.6. The van der Waals surface area contributed by atoms with Gasteiger partial charge in [0.1, 0.15) is 18.1 Å².